The van der Waals surface area contributed by atoms with E-state index in [-0.39, 0.29) is 11.8 Å². The lowest BCUT2D eigenvalue weighted by Crippen LogP contribution is -2.46. The van der Waals surface area contributed by atoms with E-state index in [1.54, 1.807) is 0 Å². The van der Waals surface area contributed by atoms with Gasteiger partial charge in [-0.05, 0) is 45.6 Å². The van der Waals surface area contributed by atoms with Crippen LogP contribution in [0.1, 0.15) is 62.8 Å². The van der Waals surface area contributed by atoms with E-state index in [2.05, 4.69) is 20.2 Å². The highest BCUT2D eigenvalue weighted by molar-refractivity contribution is 5.79. The highest BCUT2D eigenvalue weighted by Crippen LogP contribution is 2.23. The van der Waals surface area contributed by atoms with Crippen LogP contribution in [0.25, 0.3) is 0 Å². The molecular formula is C19H30N4O. The summed E-state index contributed by atoms with van der Waals surface area (Å²) in [5.74, 6) is 1.07. The van der Waals surface area contributed by atoms with Crippen molar-refractivity contribution in [3.05, 3.63) is 17.5 Å². The van der Waals surface area contributed by atoms with Crippen LogP contribution in [0.5, 0.6) is 0 Å². The van der Waals surface area contributed by atoms with Crippen molar-refractivity contribution in [1.82, 2.24) is 15.3 Å². The Morgan fingerprint density at radius 2 is 1.71 bits per heavy atom. The van der Waals surface area contributed by atoms with Crippen LogP contribution in [0.2, 0.25) is 0 Å². The molecule has 3 rings (SSSR count). The lowest BCUT2D eigenvalue weighted by atomic mass is 9.96. The summed E-state index contributed by atoms with van der Waals surface area (Å²) in [6, 6.07) is 2.37. The van der Waals surface area contributed by atoms with Gasteiger partial charge in [0.1, 0.15) is 0 Å². The maximum atomic E-state index is 12.7. The van der Waals surface area contributed by atoms with Gasteiger partial charge in [-0.3, -0.25) is 4.79 Å². The fourth-order valence-corrected chi connectivity index (χ4v) is 3.96. The first-order chi connectivity index (χ1) is 11.6. The number of nitrogens with one attached hydrogen (secondary N) is 1. The van der Waals surface area contributed by atoms with Gasteiger partial charge in [-0.2, -0.15) is 0 Å². The van der Waals surface area contributed by atoms with Gasteiger partial charge in [-0.25, -0.2) is 9.97 Å². The quantitative estimate of drug-likeness (QED) is 0.865. The SMILES string of the molecule is Cc1cc(C)nc(N2CCC[C@@H](C(=O)NC3CCCCCC3)C2)n1. The van der Waals surface area contributed by atoms with Gasteiger partial charge in [-0.15, -0.1) is 0 Å². The van der Waals surface area contributed by atoms with Gasteiger partial charge in [0, 0.05) is 30.5 Å². The number of hydrogen-bond donors (Lipinski definition) is 1. The molecule has 1 N–H and O–H groups in total. The molecule has 1 aliphatic heterocycles. The predicted molar refractivity (Wildman–Crippen MR) is 96.1 cm³/mol. The lowest BCUT2D eigenvalue weighted by Gasteiger charge is -2.33. The van der Waals surface area contributed by atoms with Crippen LogP contribution < -0.4 is 10.2 Å². The first-order valence-corrected chi connectivity index (χ1v) is 9.49. The van der Waals surface area contributed by atoms with E-state index in [9.17, 15) is 4.79 Å². The molecule has 2 heterocycles. The molecule has 0 aromatic carbocycles. The molecule has 24 heavy (non-hydrogen) atoms. The molecule has 1 saturated carbocycles. The fourth-order valence-electron chi connectivity index (χ4n) is 3.96. The summed E-state index contributed by atoms with van der Waals surface area (Å²) in [7, 11) is 0. The van der Waals surface area contributed by atoms with Crippen LogP contribution in [0.15, 0.2) is 6.07 Å². The third-order valence-electron chi connectivity index (χ3n) is 5.25. The number of aryl methyl sites for hydroxylation is 2. The number of hydrogen-bond acceptors (Lipinski definition) is 4. The second-order valence-corrected chi connectivity index (χ2v) is 7.43. The van der Waals surface area contributed by atoms with Crippen molar-refractivity contribution < 1.29 is 4.79 Å². The third-order valence-corrected chi connectivity index (χ3v) is 5.25. The minimum atomic E-state index is 0.0615. The van der Waals surface area contributed by atoms with Crippen molar-refractivity contribution in [1.29, 1.82) is 0 Å². The van der Waals surface area contributed by atoms with Crippen molar-refractivity contribution >= 4 is 11.9 Å². The zero-order valence-electron chi connectivity index (χ0n) is 15.1. The number of nitrogens with zero attached hydrogens (tertiary/aromatic N) is 3. The Kier molecular flexibility index (Phi) is 5.69. The third kappa shape index (κ3) is 4.46. The largest absolute Gasteiger partial charge is 0.353 e. The molecule has 1 aromatic heterocycles. The number of aromatic nitrogens is 2. The summed E-state index contributed by atoms with van der Waals surface area (Å²) in [5, 5.41) is 3.32. The van der Waals surface area contributed by atoms with Crippen molar-refractivity contribution in [2.75, 3.05) is 18.0 Å². The van der Waals surface area contributed by atoms with E-state index in [1.165, 1.54) is 25.7 Å². The summed E-state index contributed by atoms with van der Waals surface area (Å²) in [4.78, 5) is 24.0. The summed E-state index contributed by atoms with van der Waals surface area (Å²) in [6.45, 7) is 5.67. The molecule has 0 bridgehead atoms. The molecule has 1 aromatic rings. The molecule has 0 spiro atoms. The van der Waals surface area contributed by atoms with Gasteiger partial charge in [0.15, 0.2) is 0 Å². The summed E-state index contributed by atoms with van der Waals surface area (Å²) >= 11 is 0. The highest BCUT2D eigenvalue weighted by atomic mass is 16.2. The molecule has 1 atom stereocenters. The zero-order valence-corrected chi connectivity index (χ0v) is 15.1. The highest BCUT2D eigenvalue weighted by Gasteiger charge is 2.28. The average molecular weight is 330 g/mol. The van der Waals surface area contributed by atoms with Crippen molar-refractivity contribution in [2.45, 2.75) is 71.3 Å². The number of anilines is 1. The molecule has 2 aliphatic rings. The molecule has 1 amide bonds. The molecule has 0 radical (unpaired) electrons. The summed E-state index contributed by atoms with van der Waals surface area (Å²) in [6.07, 6.45) is 9.40. The monoisotopic (exact) mass is 330 g/mol. The van der Waals surface area contributed by atoms with Crippen molar-refractivity contribution in [2.24, 2.45) is 5.92 Å². The number of rotatable bonds is 3. The standard InChI is InChI=1S/C19H30N4O/c1-14-12-15(2)21-19(20-14)23-11-7-8-16(13-23)18(24)22-17-9-5-3-4-6-10-17/h12,16-17H,3-11,13H2,1-2H3,(H,22,24)/t16-/m1/s1. The topological polar surface area (TPSA) is 58.1 Å². The fraction of sp³-hybridized carbons (Fsp3) is 0.737. The maximum absolute atomic E-state index is 12.7. The minimum Gasteiger partial charge on any atom is -0.353 e. The van der Waals surface area contributed by atoms with Gasteiger partial charge < -0.3 is 10.2 Å². The van der Waals surface area contributed by atoms with Crippen molar-refractivity contribution in [3.8, 4) is 0 Å². The molecular weight excluding hydrogens is 300 g/mol. The van der Waals surface area contributed by atoms with E-state index in [1.807, 2.05) is 19.9 Å². The first kappa shape index (κ1) is 17.2. The predicted octanol–water partition coefficient (Wildman–Crippen LogP) is 3.15. The van der Waals surface area contributed by atoms with Crippen LogP contribution in [0, 0.1) is 19.8 Å². The molecule has 1 aliphatic carbocycles. The number of amides is 1. The van der Waals surface area contributed by atoms with Gasteiger partial charge in [0.2, 0.25) is 11.9 Å². The minimum absolute atomic E-state index is 0.0615. The first-order valence-electron chi connectivity index (χ1n) is 9.49. The van der Waals surface area contributed by atoms with Crippen LogP contribution >= 0.6 is 0 Å². The Morgan fingerprint density at radius 1 is 1.04 bits per heavy atom. The van der Waals surface area contributed by atoms with E-state index in [0.29, 0.717) is 6.04 Å². The number of carbonyl (C=O) groups is 1. The molecule has 5 nitrogen and oxygen atoms in total. The lowest BCUT2D eigenvalue weighted by molar-refractivity contribution is -0.126. The summed E-state index contributed by atoms with van der Waals surface area (Å²) < 4.78 is 0. The van der Waals surface area contributed by atoms with Gasteiger partial charge in [0.25, 0.3) is 0 Å². The second-order valence-electron chi connectivity index (χ2n) is 7.43. The van der Waals surface area contributed by atoms with E-state index >= 15 is 0 Å². The van der Waals surface area contributed by atoms with Crippen molar-refractivity contribution in [3.63, 3.8) is 0 Å². The molecule has 2 fully saturated rings. The van der Waals surface area contributed by atoms with E-state index in [0.717, 1.165) is 56.1 Å². The zero-order chi connectivity index (χ0) is 16.9. The Bertz CT molecular complexity index is 546. The van der Waals surface area contributed by atoms with E-state index < -0.39 is 0 Å². The molecule has 132 valence electrons. The Labute approximate surface area is 145 Å². The summed E-state index contributed by atoms with van der Waals surface area (Å²) in [5.41, 5.74) is 1.98. The Hall–Kier alpha value is -1.65. The molecule has 1 saturated heterocycles. The van der Waals surface area contributed by atoms with Gasteiger partial charge in [-0.1, -0.05) is 25.7 Å². The van der Waals surface area contributed by atoms with Crippen LogP contribution in [-0.2, 0) is 4.79 Å². The van der Waals surface area contributed by atoms with Crippen LogP contribution in [0.3, 0.4) is 0 Å². The van der Waals surface area contributed by atoms with Crippen LogP contribution in [-0.4, -0.2) is 35.0 Å². The van der Waals surface area contributed by atoms with Gasteiger partial charge in [0.05, 0.1) is 5.92 Å². The molecule has 5 heteroatoms. The second kappa shape index (κ2) is 7.95. The average Bonchev–Trinajstić information content (AvgIpc) is 2.83. The Balaban J connectivity index is 1.61. The maximum Gasteiger partial charge on any atom is 0.225 e. The molecule has 0 unspecified atom stereocenters. The van der Waals surface area contributed by atoms with Gasteiger partial charge >= 0.3 is 0 Å². The number of carbonyl (C=O) groups excluding carboxylic acids is 1. The van der Waals surface area contributed by atoms with E-state index in [4.69, 9.17) is 0 Å². The number of piperidine rings is 1. The normalized spacial score (nSPS) is 22.9. The van der Waals surface area contributed by atoms with Crippen LogP contribution in [0.4, 0.5) is 5.95 Å². The Morgan fingerprint density at radius 3 is 2.38 bits per heavy atom. The smallest absolute Gasteiger partial charge is 0.225 e.